The highest BCUT2D eigenvalue weighted by Gasteiger charge is 1.85. The lowest BCUT2D eigenvalue weighted by Crippen LogP contribution is -1.77. The molecule has 0 aromatic heterocycles. The molecule has 0 bridgehead atoms. The Morgan fingerprint density at radius 3 is 2.00 bits per heavy atom. The van der Waals surface area contributed by atoms with Crippen LogP contribution < -0.4 is 0 Å². The summed E-state index contributed by atoms with van der Waals surface area (Å²) in [5.41, 5.74) is 0.806. The third kappa shape index (κ3) is 5.70. The van der Waals surface area contributed by atoms with E-state index in [9.17, 15) is 4.79 Å². The first-order valence-electron chi connectivity index (χ1n) is 1.89. The number of rotatable bonds is 1. The lowest BCUT2D eigenvalue weighted by molar-refractivity contribution is -0.108. The first-order chi connectivity index (χ1) is 3.13. The lowest BCUT2D eigenvalue weighted by atomic mass is 10.3. The molecule has 0 saturated heterocycles. The van der Waals surface area contributed by atoms with E-state index in [2.05, 4.69) is 6.08 Å². The van der Waals surface area contributed by atoms with Crippen molar-refractivity contribution in [3.05, 3.63) is 11.6 Å². The summed E-state index contributed by atoms with van der Waals surface area (Å²) < 4.78 is 0. The van der Waals surface area contributed by atoms with Gasteiger partial charge in [0.1, 0.15) is 0 Å². The lowest BCUT2D eigenvalue weighted by Gasteiger charge is -1.77. The number of carbonyl (C=O) groups is 1. The van der Waals surface area contributed by atoms with Crippen LogP contribution in [0.2, 0.25) is 0 Å². The third-order valence-corrected chi connectivity index (χ3v) is 0.443. The fraction of sp³-hybridized carbons (Fsp3) is 0.400. The summed E-state index contributed by atoms with van der Waals surface area (Å²) in [4.78, 5) is 9.89. The first-order valence-corrected chi connectivity index (χ1v) is 2.27. The molecule has 0 fully saturated rings. The molecule has 0 rings (SSSR count). The molecule has 1 radical (unpaired) electrons. The van der Waals surface area contributed by atoms with Crippen molar-refractivity contribution in [2.24, 2.45) is 0 Å². The molecule has 0 aromatic carbocycles. The van der Waals surface area contributed by atoms with Gasteiger partial charge in [0.2, 0.25) is 0 Å². The smallest absolute Gasteiger partial charge is 0.253 e. The van der Waals surface area contributed by atoms with Crippen molar-refractivity contribution in [3.8, 4) is 0 Å². The molecular formula is C5H6ClO. The maximum absolute atomic E-state index is 9.89. The van der Waals surface area contributed by atoms with E-state index in [1.54, 1.807) is 13.8 Å². The van der Waals surface area contributed by atoms with Gasteiger partial charge in [-0.1, -0.05) is 5.57 Å². The van der Waals surface area contributed by atoms with Crippen LogP contribution in [0.1, 0.15) is 13.8 Å². The van der Waals surface area contributed by atoms with Crippen molar-refractivity contribution >= 4 is 16.8 Å². The minimum absolute atomic E-state index is 0.528. The van der Waals surface area contributed by atoms with Crippen LogP contribution in [0.3, 0.4) is 0 Å². The summed E-state index contributed by atoms with van der Waals surface area (Å²) in [6.07, 6.45) is 2.35. The van der Waals surface area contributed by atoms with Gasteiger partial charge in [-0.05, 0) is 25.4 Å². The van der Waals surface area contributed by atoms with E-state index in [1.165, 1.54) is 0 Å². The van der Waals surface area contributed by atoms with Crippen molar-refractivity contribution in [2.75, 3.05) is 0 Å². The second kappa shape index (κ2) is 2.80. The van der Waals surface area contributed by atoms with Crippen molar-refractivity contribution < 1.29 is 4.79 Å². The number of hydrogen-bond donors (Lipinski definition) is 0. The summed E-state index contributed by atoms with van der Waals surface area (Å²) in [6, 6.07) is 0. The van der Waals surface area contributed by atoms with E-state index in [1.807, 2.05) is 0 Å². The van der Waals surface area contributed by atoms with E-state index < -0.39 is 5.24 Å². The van der Waals surface area contributed by atoms with E-state index >= 15 is 0 Å². The minimum Gasteiger partial charge on any atom is -0.276 e. The molecular weight excluding hydrogens is 112 g/mol. The Morgan fingerprint density at radius 1 is 1.57 bits per heavy atom. The van der Waals surface area contributed by atoms with E-state index in [4.69, 9.17) is 11.6 Å². The monoisotopic (exact) mass is 117 g/mol. The normalized spacial score (nSPS) is 7.86. The molecule has 0 N–H and O–H groups in total. The molecule has 0 amide bonds. The van der Waals surface area contributed by atoms with Gasteiger partial charge in [0.15, 0.2) is 0 Å². The van der Waals surface area contributed by atoms with Gasteiger partial charge in [-0.2, -0.15) is 0 Å². The van der Waals surface area contributed by atoms with E-state index in [0.717, 1.165) is 5.57 Å². The van der Waals surface area contributed by atoms with Crippen molar-refractivity contribution in [1.29, 1.82) is 0 Å². The zero-order valence-electron chi connectivity index (χ0n) is 4.29. The molecule has 39 valence electrons. The highest BCUT2D eigenvalue weighted by Crippen LogP contribution is 1.88. The second-order valence-corrected chi connectivity index (χ2v) is 1.74. The van der Waals surface area contributed by atoms with Crippen LogP contribution in [-0.4, -0.2) is 5.24 Å². The summed E-state index contributed by atoms with van der Waals surface area (Å²) in [7, 11) is 0. The Balaban J connectivity index is 3.68. The van der Waals surface area contributed by atoms with Crippen LogP contribution >= 0.6 is 11.6 Å². The largest absolute Gasteiger partial charge is 0.276 e. The van der Waals surface area contributed by atoms with Crippen molar-refractivity contribution in [3.63, 3.8) is 0 Å². The molecule has 2 heteroatoms. The van der Waals surface area contributed by atoms with Gasteiger partial charge in [-0.25, -0.2) is 0 Å². The van der Waals surface area contributed by atoms with E-state index in [0.29, 0.717) is 0 Å². The fourth-order valence-electron chi connectivity index (χ4n) is 0.197. The molecule has 0 saturated carbocycles. The zero-order chi connectivity index (χ0) is 5.86. The minimum atomic E-state index is -0.528. The van der Waals surface area contributed by atoms with Gasteiger partial charge in [0.05, 0.1) is 0 Å². The standard InChI is InChI=1S/C5H6ClO/c1-4(2)3-5(6)7/h1-2H3. The number of hydrogen-bond acceptors (Lipinski definition) is 1. The molecule has 0 aliphatic heterocycles. The fourth-order valence-corrected chi connectivity index (χ4v) is 0.386. The Kier molecular flexibility index (Phi) is 2.68. The quantitative estimate of drug-likeness (QED) is 0.376. The van der Waals surface area contributed by atoms with E-state index in [-0.39, 0.29) is 0 Å². The molecule has 0 spiro atoms. The molecule has 0 aromatic rings. The molecule has 0 atom stereocenters. The van der Waals surface area contributed by atoms with Crippen molar-refractivity contribution in [2.45, 2.75) is 13.8 Å². The maximum atomic E-state index is 9.89. The van der Waals surface area contributed by atoms with Crippen LogP contribution in [0.5, 0.6) is 0 Å². The SMILES string of the molecule is CC(C)=[C]C(=O)Cl. The Labute approximate surface area is 48.0 Å². The summed E-state index contributed by atoms with van der Waals surface area (Å²) >= 11 is 4.90. The van der Waals surface area contributed by atoms with Gasteiger partial charge < -0.3 is 0 Å². The summed E-state index contributed by atoms with van der Waals surface area (Å²) in [5, 5.41) is -0.528. The zero-order valence-corrected chi connectivity index (χ0v) is 5.04. The molecule has 0 heterocycles. The summed E-state index contributed by atoms with van der Waals surface area (Å²) in [6.45, 7) is 3.53. The molecule has 7 heavy (non-hydrogen) atoms. The Morgan fingerprint density at radius 2 is 2.00 bits per heavy atom. The molecule has 0 aliphatic carbocycles. The van der Waals surface area contributed by atoms with Gasteiger partial charge in [0.25, 0.3) is 5.24 Å². The van der Waals surface area contributed by atoms with Crippen LogP contribution in [0.4, 0.5) is 0 Å². The average molecular weight is 118 g/mol. The maximum Gasteiger partial charge on any atom is 0.253 e. The molecule has 0 aliphatic rings. The number of allylic oxidation sites excluding steroid dienone is 2. The highest BCUT2D eigenvalue weighted by atomic mass is 35.5. The Hall–Kier alpha value is -0.300. The van der Waals surface area contributed by atoms with Gasteiger partial charge in [-0.3, -0.25) is 4.79 Å². The molecule has 0 unspecified atom stereocenters. The van der Waals surface area contributed by atoms with Gasteiger partial charge in [0, 0.05) is 6.08 Å². The molecule has 1 nitrogen and oxygen atoms in total. The van der Waals surface area contributed by atoms with Crippen LogP contribution in [0.15, 0.2) is 5.57 Å². The average Bonchev–Trinajstić information content (AvgIpc) is 1.27. The number of halogens is 1. The predicted octanol–water partition coefficient (Wildman–Crippen LogP) is 1.52. The summed E-state index contributed by atoms with van der Waals surface area (Å²) in [5.74, 6) is 0. The topological polar surface area (TPSA) is 17.1 Å². The highest BCUT2D eigenvalue weighted by molar-refractivity contribution is 6.65. The van der Waals surface area contributed by atoms with Gasteiger partial charge in [-0.15, -0.1) is 0 Å². The second-order valence-electron chi connectivity index (χ2n) is 1.40. The van der Waals surface area contributed by atoms with Gasteiger partial charge >= 0.3 is 0 Å². The van der Waals surface area contributed by atoms with Crippen molar-refractivity contribution in [1.82, 2.24) is 0 Å². The first kappa shape index (κ1) is 6.70. The number of carbonyl (C=O) groups excluding carboxylic acids is 1. The Bertz CT molecular complexity index is 101. The predicted molar refractivity (Wildman–Crippen MR) is 29.0 cm³/mol. The van der Waals surface area contributed by atoms with Crippen LogP contribution in [0.25, 0.3) is 0 Å². The van der Waals surface area contributed by atoms with Crippen LogP contribution in [0, 0.1) is 6.08 Å². The third-order valence-electron chi connectivity index (χ3n) is 0.348. The van der Waals surface area contributed by atoms with Crippen LogP contribution in [-0.2, 0) is 4.79 Å².